The molecule has 0 spiro atoms. The lowest BCUT2D eigenvalue weighted by atomic mass is 10.0. The van der Waals surface area contributed by atoms with Gasteiger partial charge < -0.3 is 19.9 Å². The highest BCUT2D eigenvalue weighted by Crippen LogP contribution is 2.17. The van der Waals surface area contributed by atoms with E-state index in [-0.39, 0.29) is 18.6 Å². The van der Waals surface area contributed by atoms with Crippen molar-refractivity contribution < 1.29 is 19.4 Å². The largest absolute Gasteiger partial charge is 0.495 e. The van der Waals surface area contributed by atoms with Crippen molar-refractivity contribution in [3.63, 3.8) is 0 Å². The van der Waals surface area contributed by atoms with E-state index in [1.807, 2.05) is 0 Å². The maximum absolute atomic E-state index is 11.8. The summed E-state index contributed by atoms with van der Waals surface area (Å²) < 4.78 is 10.5. The van der Waals surface area contributed by atoms with Gasteiger partial charge in [-0.25, -0.2) is 0 Å². The molecule has 5 heteroatoms. The molecular formula is C12H19NO4. The molecule has 2 N–H and O–H groups in total. The van der Waals surface area contributed by atoms with Crippen LogP contribution in [0, 0.1) is 5.92 Å². The number of hydrogen-bond donors (Lipinski definition) is 2. The maximum Gasteiger partial charge on any atom is 0.250 e. The zero-order chi connectivity index (χ0) is 12.1. The molecule has 0 aliphatic carbocycles. The zero-order valence-electron chi connectivity index (χ0n) is 9.85. The standard InChI is InChI=1S/C12H19NO4/c14-6-11-2-1-10(8-17-11)12(15)13-5-9-3-4-16-7-9/h8-9,11,14H,1-7H2,(H,13,15). The third-order valence-corrected chi connectivity index (χ3v) is 3.21. The summed E-state index contributed by atoms with van der Waals surface area (Å²) in [6.07, 6.45) is 3.70. The fourth-order valence-electron chi connectivity index (χ4n) is 2.02. The van der Waals surface area contributed by atoms with Crippen LogP contribution in [0.4, 0.5) is 0 Å². The first-order valence-electron chi connectivity index (χ1n) is 6.11. The van der Waals surface area contributed by atoms with Gasteiger partial charge in [0, 0.05) is 19.1 Å². The fourth-order valence-corrected chi connectivity index (χ4v) is 2.02. The van der Waals surface area contributed by atoms with Gasteiger partial charge >= 0.3 is 0 Å². The molecule has 96 valence electrons. The normalized spacial score (nSPS) is 28.4. The molecule has 1 saturated heterocycles. The summed E-state index contributed by atoms with van der Waals surface area (Å²) in [5, 5.41) is 11.8. The Morgan fingerprint density at radius 2 is 2.41 bits per heavy atom. The molecule has 2 unspecified atom stereocenters. The van der Waals surface area contributed by atoms with Crippen LogP contribution < -0.4 is 5.32 Å². The first kappa shape index (κ1) is 12.4. The number of carbonyl (C=O) groups excluding carboxylic acids is 1. The summed E-state index contributed by atoms with van der Waals surface area (Å²) in [7, 11) is 0. The van der Waals surface area contributed by atoms with Gasteiger partial charge in [0.15, 0.2) is 0 Å². The van der Waals surface area contributed by atoms with Gasteiger partial charge in [-0.1, -0.05) is 0 Å². The minimum atomic E-state index is -0.158. The van der Waals surface area contributed by atoms with Crippen LogP contribution >= 0.6 is 0 Å². The highest BCUT2D eigenvalue weighted by molar-refractivity contribution is 5.93. The molecule has 2 heterocycles. The highest BCUT2D eigenvalue weighted by Gasteiger charge is 2.21. The molecule has 5 nitrogen and oxygen atoms in total. The van der Waals surface area contributed by atoms with E-state index in [9.17, 15) is 4.79 Å². The molecule has 2 aliphatic rings. The molecule has 1 amide bonds. The monoisotopic (exact) mass is 241 g/mol. The minimum Gasteiger partial charge on any atom is -0.495 e. The zero-order valence-corrected chi connectivity index (χ0v) is 9.85. The van der Waals surface area contributed by atoms with E-state index < -0.39 is 0 Å². The van der Waals surface area contributed by atoms with Crippen LogP contribution in [0.5, 0.6) is 0 Å². The third kappa shape index (κ3) is 3.44. The SMILES string of the molecule is O=C(NCC1CCOC1)C1=COC(CO)CC1. The van der Waals surface area contributed by atoms with E-state index >= 15 is 0 Å². The van der Waals surface area contributed by atoms with Crippen molar-refractivity contribution in [1.29, 1.82) is 0 Å². The summed E-state index contributed by atoms with van der Waals surface area (Å²) in [6.45, 7) is 2.21. The van der Waals surface area contributed by atoms with Crippen molar-refractivity contribution in [3.8, 4) is 0 Å². The Morgan fingerprint density at radius 3 is 3.00 bits per heavy atom. The van der Waals surface area contributed by atoms with Crippen molar-refractivity contribution in [2.45, 2.75) is 25.4 Å². The van der Waals surface area contributed by atoms with Gasteiger partial charge in [0.1, 0.15) is 6.10 Å². The van der Waals surface area contributed by atoms with E-state index in [2.05, 4.69) is 5.32 Å². The van der Waals surface area contributed by atoms with Crippen LogP contribution in [-0.4, -0.2) is 43.5 Å². The quantitative estimate of drug-likeness (QED) is 0.737. The number of amides is 1. The first-order valence-corrected chi connectivity index (χ1v) is 6.11. The summed E-state index contributed by atoms with van der Waals surface area (Å²) in [5.41, 5.74) is 0.661. The lowest BCUT2D eigenvalue weighted by molar-refractivity contribution is -0.118. The van der Waals surface area contributed by atoms with Gasteiger partial charge in [-0.3, -0.25) is 4.79 Å². The number of rotatable bonds is 4. The molecule has 2 aliphatic heterocycles. The molecule has 2 rings (SSSR count). The molecule has 2 atom stereocenters. The topological polar surface area (TPSA) is 67.8 Å². The number of hydrogen-bond acceptors (Lipinski definition) is 4. The third-order valence-electron chi connectivity index (χ3n) is 3.21. The predicted molar refractivity (Wildman–Crippen MR) is 61.2 cm³/mol. The Balaban J connectivity index is 1.74. The number of aliphatic hydroxyl groups excluding tert-OH is 1. The average molecular weight is 241 g/mol. The summed E-state index contributed by atoms with van der Waals surface area (Å²) in [4.78, 5) is 11.8. The average Bonchev–Trinajstić information content (AvgIpc) is 2.89. The van der Waals surface area contributed by atoms with E-state index in [4.69, 9.17) is 14.6 Å². The molecule has 0 bridgehead atoms. The molecule has 17 heavy (non-hydrogen) atoms. The van der Waals surface area contributed by atoms with Gasteiger partial charge in [0.2, 0.25) is 5.91 Å². The Bertz CT molecular complexity index is 297. The van der Waals surface area contributed by atoms with Crippen molar-refractivity contribution in [1.82, 2.24) is 5.32 Å². The Labute approximate surface area is 101 Å². The summed E-state index contributed by atoms with van der Waals surface area (Å²) in [5.74, 6) is 0.377. The molecule has 0 aromatic rings. The van der Waals surface area contributed by atoms with Crippen molar-refractivity contribution in [3.05, 3.63) is 11.8 Å². The van der Waals surface area contributed by atoms with E-state index in [0.717, 1.165) is 19.6 Å². The van der Waals surface area contributed by atoms with Crippen LogP contribution in [0.25, 0.3) is 0 Å². The molecule has 0 radical (unpaired) electrons. The number of carbonyl (C=O) groups is 1. The number of ether oxygens (including phenoxy) is 2. The Morgan fingerprint density at radius 1 is 1.53 bits per heavy atom. The van der Waals surface area contributed by atoms with Crippen LogP contribution in [-0.2, 0) is 14.3 Å². The maximum atomic E-state index is 11.8. The van der Waals surface area contributed by atoms with Crippen LogP contribution in [0.15, 0.2) is 11.8 Å². The fraction of sp³-hybridized carbons (Fsp3) is 0.750. The van der Waals surface area contributed by atoms with Crippen LogP contribution in [0.2, 0.25) is 0 Å². The first-order chi connectivity index (χ1) is 8.29. The lowest BCUT2D eigenvalue weighted by Gasteiger charge is -2.21. The Hall–Kier alpha value is -1.07. The van der Waals surface area contributed by atoms with Crippen molar-refractivity contribution in [2.75, 3.05) is 26.4 Å². The number of nitrogens with one attached hydrogen (secondary N) is 1. The molecule has 0 aromatic carbocycles. The van der Waals surface area contributed by atoms with Crippen LogP contribution in [0.3, 0.4) is 0 Å². The van der Waals surface area contributed by atoms with E-state index in [0.29, 0.717) is 30.9 Å². The molecule has 1 fully saturated rings. The van der Waals surface area contributed by atoms with Gasteiger partial charge in [0.05, 0.1) is 25.0 Å². The summed E-state index contributed by atoms with van der Waals surface area (Å²) in [6, 6.07) is 0. The number of aliphatic hydroxyl groups is 1. The minimum absolute atomic E-state index is 0.00477. The second-order valence-electron chi connectivity index (χ2n) is 4.56. The van der Waals surface area contributed by atoms with Crippen molar-refractivity contribution in [2.24, 2.45) is 5.92 Å². The highest BCUT2D eigenvalue weighted by atomic mass is 16.5. The van der Waals surface area contributed by atoms with Gasteiger partial charge in [-0.15, -0.1) is 0 Å². The van der Waals surface area contributed by atoms with Crippen molar-refractivity contribution >= 4 is 5.91 Å². The second kappa shape index (κ2) is 6.02. The van der Waals surface area contributed by atoms with E-state index in [1.165, 1.54) is 6.26 Å². The lowest BCUT2D eigenvalue weighted by Crippen LogP contribution is -2.32. The van der Waals surface area contributed by atoms with E-state index in [1.54, 1.807) is 0 Å². The molecule has 0 aromatic heterocycles. The second-order valence-corrected chi connectivity index (χ2v) is 4.56. The Kier molecular flexibility index (Phi) is 4.39. The smallest absolute Gasteiger partial charge is 0.250 e. The van der Waals surface area contributed by atoms with Gasteiger partial charge in [0.25, 0.3) is 0 Å². The van der Waals surface area contributed by atoms with Gasteiger partial charge in [-0.05, 0) is 19.3 Å². The molecule has 0 saturated carbocycles. The van der Waals surface area contributed by atoms with Crippen LogP contribution in [0.1, 0.15) is 19.3 Å². The summed E-state index contributed by atoms with van der Waals surface area (Å²) >= 11 is 0. The van der Waals surface area contributed by atoms with Gasteiger partial charge in [-0.2, -0.15) is 0 Å². The predicted octanol–water partition coefficient (Wildman–Crippen LogP) is 0.194. The molecular weight excluding hydrogens is 222 g/mol.